The summed E-state index contributed by atoms with van der Waals surface area (Å²) in [7, 11) is 0. The number of hydrogen-bond donors (Lipinski definition) is 3. The van der Waals surface area contributed by atoms with Crippen LogP contribution in [0.5, 0.6) is 0 Å². The van der Waals surface area contributed by atoms with Crippen LogP contribution in [0.15, 0.2) is 0 Å². The van der Waals surface area contributed by atoms with Crippen LogP contribution < -0.4 is 10.6 Å². The number of carbonyl (C=O) groups is 2. The minimum Gasteiger partial charge on any atom is -0.481 e. The number of carbonyl (C=O) groups excluding carboxylic acids is 1. The molecule has 0 bridgehead atoms. The highest BCUT2D eigenvalue weighted by molar-refractivity contribution is 5.80. The van der Waals surface area contributed by atoms with Crippen molar-refractivity contribution in [1.82, 2.24) is 10.6 Å². The molecule has 0 aromatic carbocycles. The zero-order chi connectivity index (χ0) is 11.1. The van der Waals surface area contributed by atoms with E-state index in [0.717, 1.165) is 12.8 Å². The molecule has 5 nitrogen and oxygen atoms in total. The van der Waals surface area contributed by atoms with Gasteiger partial charge in [-0.05, 0) is 32.6 Å². The summed E-state index contributed by atoms with van der Waals surface area (Å²) < 4.78 is 0. The van der Waals surface area contributed by atoms with E-state index in [-0.39, 0.29) is 18.1 Å². The lowest BCUT2D eigenvalue weighted by atomic mass is 10.1. The zero-order valence-corrected chi connectivity index (χ0v) is 8.80. The highest BCUT2D eigenvalue weighted by Crippen LogP contribution is 2.45. The van der Waals surface area contributed by atoms with Gasteiger partial charge in [0, 0.05) is 12.1 Å². The molecule has 0 unspecified atom stereocenters. The predicted octanol–water partition coefficient (Wildman–Crippen LogP) is 0.703. The van der Waals surface area contributed by atoms with Crippen molar-refractivity contribution in [3.05, 3.63) is 0 Å². The minimum atomic E-state index is -0.805. The van der Waals surface area contributed by atoms with E-state index < -0.39 is 11.4 Å². The molecule has 2 saturated carbocycles. The first-order valence-corrected chi connectivity index (χ1v) is 5.25. The molecule has 84 valence electrons. The standard InChI is InChI=1S/C10H16N2O3/c1-9(2-3-9)12-8(15)11-6-10(4-5-10)7(13)14/h2-6H2,1H3,(H,13,14)(H2,11,12,15). The van der Waals surface area contributed by atoms with Gasteiger partial charge in [-0.1, -0.05) is 0 Å². The highest BCUT2D eigenvalue weighted by Gasteiger charge is 2.50. The maximum atomic E-state index is 11.4. The second-order valence-corrected chi connectivity index (χ2v) is 4.95. The third-order valence-corrected chi connectivity index (χ3v) is 3.31. The van der Waals surface area contributed by atoms with Gasteiger partial charge < -0.3 is 15.7 Å². The molecular weight excluding hydrogens is 196 g/mol. The molecule has 0 heterocycles. The molecule has 3 N–H and O–H groups in total. The molecule has 2 rings (SSSR count). The third-order valence-electron chi connectivity index (χ3n) is 3.31. The molecule has 2 amide bonds. The Morgan fingerprint density at radius 2 is 1.87 bits per heavy atom. The summed E-state index contributed by atoms with van der Waals surface area (Å²) >= 11 is 0. The summed E-state index contributed by atoms with van der Waals surface area (Å²) in [6, 6.07) is -0.248. The van der Waals surface area contributed by atoms with E-state index in [4.69, 9.17) is 5.11 Å². The lowest BCUT2D eigenvalue weighted by Gasteiger charge is -2.15. The Morgan fingerprint density at radius 1 is 1.27 bits per heavy atom. The normalized spacial score (nSPS) is 24.1. The Balaban J connectivity index is 1.74. The van der Waals surface area contributed by atoms with Gasteiger partial charge in [0.15, 0.2) is 0 Å². The highest BCUT2D eigenvalue weighted by atomic mass is 16.4. The first-order valence-electron chi connectivity index (χ1n) is 5.25. The number of carboxylic acids is 1. The Hall–Kier alpha value is -1.26. The van der Waals surface area contributed by atoms with Crippen molar-refractivity contribution in [2.75, 3.05) is 6.54 Å². The monoisotopic (exact) mass is 212 g/mol. The Labute approximate surface area is 88.2 Å². The van der Waals surface area contributed by atoms with Crippen LogP contribution in [0.4, 0.5) is 4.79 Å². The molecule has 2 fully saturated rings. The first-order chi connectivity index (χ1) is 6.96. The number of hydrogen-bond acceptors (Lipinski definition) is 2. The van der Waals surface area contributed by atoms with Crippen LogP contribution in [0.25, 0.3) is 0 Å². The second kappa shape index (κ2) is 3.12. The first kappa shape index (κ1) is 10.3. The molecule has 0 aliphatic heterocycles. The van der Waals surface area contributed by atoms with Gasteiger partial charge in [0.25, 0.3) is 0 Å². The van der Waals surface area contributed by atoms with Gasteiger partial charge in [-0.2, -0.15) is 0 Å². The molecule has 0 saturated heterocycles. The van der Waals surface area contributed by atoms with E-state index in [1.54, 1.807) is 0 Å². The quantitative estimate of drug-likeness (QED) is 0.642. The molecule has 0 aromatic rings. The Bertz CT molecular complexity index is 306. The van der Waals surface area contributed by atoms with E-state index in [0.29, 0.717) is 12.8 Å². The van der Waals surface area contributed by atoms with Crippen molar-refractivity contribution >= 4 is 12.0 Å². The van der Waals surface area contributed by atoms with Gasteiger partial charge in [-0.3, -0.25) is 4.79 Å². The van der Waals surface area contributed by atoms with E-state index in [1.165, 1.54) is 0 Å². The summed E-state index contributed by atoms with van der Waals surface area (Å²) in [6.45, 7) is 2.22. The van der Waals surface area contributed by atoms with Crippen LogP contribution in [0.2, 0.25) is 0 Å². The smallest absolute Gasteiger partial charge is 0.315 e. The molecule has 0 radical (unpaired) electrons. The van der Waals surface area contributed by atoms with Crippen molar-refractivity contribution in [3.63, 3.8) is 0 Å². The number of nitrogens with one attached hydrogen (secondary N) is 2. The molecule has 0 aromatic heterocycles. The predicted molar refractivity (Wildman–Crippen MR) is 53.5 cm³/mol. The summed E-state index contributed by atoms with van der Waals surface area (Å²) in [5.41, 5.74) is -0.730. The summed E-state index contributed by atoms with van der Waals surface area (Å²) in [5, 5.41) is 14.3. The van der Waals surface area contributed by atoms with Crippen LogP contribution in [0.1, 0.15) is 32.6 Å². The van der Waals surface area contributed by atoms with Gasteiger partial charge in [0.2, 0.25) is 0 Å². The fraction of sp³-hybridized carbons (Fsp3) is 0.800. The summed E-state index contributed by atoms with van der Waals surface area (Å²) in [4.78, 5) is 22.2. The van der Waals surface area contributed by atoms with Gasteiger partial charge in [0.1, 0.15) is 0 Å². The summed E-state index contributed by atoms with van der Waals surface area (Å²) in [5.74, 6) is -0.805. The van der Waals surface area contributed by atoms with Crippen LogP contribution in [-0.2, 0) is 4.79 Å². The Kier molecular flexibility index (Phi) is 2.13. The Morgan fingerprint density at radius 3 is 2.27 bits per heavy atom. The topological polar surface area (TPSA) is 78.4 Å². The zero-order valence-electron chi connectivity index (χ0n) is 8.80. The van der Waals surface area contributed by atoms with Crippen LogP contribution in [0.3, 0.4) is 0 Å². The van der Waals surface area contributed by atoms with Crippen molar-refractivity contribution in [3.8, 4) is 0 Å². The third kappa shape index (κ3) is 2.22. The maximum absolute atomic E-state index is 11.4. The van der Waals surface area contributed by atoms with Crippen LogP contribution in [0, 0.1) is 5.41 Å². The average molecular weight is 212 g/mol. The van der Waals surface area contributed by atoms with Gasteiger partial charge >= 0.3 is 12.0 Å². The molecule has 15 heavy (non-hydrogen) atoms. The fourth-order valence-electron chi connectivity index (χ4n) is 1.50. The lowest BCUT2D eigenvalue weighted by Crippen LogP contribution is -2.45. The molecule has 0 atom stereocenters. The lowest BCUT2D eigenvalue weighted by molar-refractivity contribution is -0.143. The number of aliphatic carboxylic acids is 1. The molecule has 2 aliphatic rings. The van der Waals surface area contributed by atoms with E-state index in [1.807, 2.05) is 6.92 Å². The minimum absolute atomic E-state index is 0.0516. The average Bonchev–Trinajstić information content (AvgIpc) is 3.00. The second-order valence-electron chi connectivity index (χ2n) is 4.95. The SMILES string of the molecule is CC1(NC(=O)NCC2(C(=O)O)CC2)CC1. The van der Waals surface area contributed by atoms with Crippen molar-refractivity contribution in [2.24, 2.45) is 5.41 Å². The van der Waals surface area contributed by atoms with Gasteiger partial charge in [0.05, 0.1) is 5.41 Å². The fourth-order valence-corrected chi connectivity index (χ4v) is 1.50. The van der Waals surface area contributed by atoms with E-state index >= 15 is 0 Å². The molecule has 2 aliphatic carbocycles. The van der Waals surface area contributed by atoms with Crippen molar-refractivity contribution < 1.29 is 14.7 Å². The van der Waals surface area contributed by atoms with Crippen molar-refractivity contribution in [1.29, 1.82) is 0 Å². The van der Waals surface area contributed by atoms with E-state index in [9.17, 15) is 9.59 Å². The molecular formula is C10H16N2O3. The van der Waals surface area contributed by atoms with Crippen LogP contribution >= 0.6 is 0 Å². The van der Waals surface area contributed by atoms with Gasteiger partial charge in [-0.15, -0.1) is 0 Å². The maximum Gasteiger partial charge on any atom is 0.315 e. The number of amides is 2. The van der Waals surface area contributed by atoms with Crippen LogP contribution in [-0.4, -0.2) is 29.2 Å². The summed E-state index contributed by atoms with van der Waals surface area (Å²) in [6.07, 6.45) is 3.34. The van der Waals surface area contributed by atoms with E-state index in [2.05, 4.69) is 10.6 Å². The number of carboxylic acid groups (broad SMARTS) is 1. The van der Waals surface area contributed by atoms with Gasteiger partial charge in [-0.25, -0.2) is 4.79 Å². The van der Waals surface area contributed by atoms with Crippen molar-refractivity contribution in [2.45, 2.75) is 38.1 Å². The molecule has 5 heteroatoms. The molecule has 0 spiro atoms. The number of urea groups is 1. The number of rotatable bonds is 4. The largest absolute Gasteiger partial charge is 0.481 e.